The summed E-state index contributed by atoms with van der Waals surface area (Å²) in [5, 5.41) is 22.2. The van der Waals surface area contributed by atoms with Gasteiger partial charge in [0, 0.05) is 18.5 Å². The van der Waals surface area contributed by atoms with Crippen molar-refractivity contribution in [2.75, 3.05) is 13.1 Å². The van der Waals surface area contributed by atoms with Crippen molar-refractivity contribution in [3.63, 3.8) is 0 Å². The van der Waals surface area contributed by atoms with Crippen LogP contribution in [0, 0.1) is 5.92 Å². The van der Waals surface area contributed by atoms with E-state index in [1.807, 2.05) is 16.8 Å². The van der Waals surface area contributed by atoms with E-state index >= 15 is 0 Å². The largest absolute Gasteiger partial charge is 0.507 e. The van der Waals surface area contributed by atoms with Gasteiger partial charge in [-0.3, -0.25) is 0 Å². The number of phenols is 1. The predicted octanol–water partition coefficient (Wildman–Crippen LogP) is 2.44. The number of allylic oxidation sites excluding steroid dienone is 1. The highest BCUT2D eigenvalue weighted by Crippen LogP contribution is 2.30. The van der Waals surface area contributed by atoms with Crippen LogP contribution in [0.2, 0.25) is 0 Å². The van der Waals surface area contributed by atoms with E-state index in [0.29, 0.717) is 17.3 Å². The highest BCUT2D eigenvalue weighted by atomic mass is 16.3. The van der Waals surface area contributed by atoms with Gasteiger partial charge in [-0.25, -0.2) is 9.97 Å². The van der Waals surface area contributed by atoms with Crippen LogP contribution in [0.3, 0.4) is 0 Å². The molecule has 7 heteroatoms. The Morgan fingerprint density at radius 1 is 1.23 bits per heavy atom. The van der Waals surface area contributed by atoms with Crippen molar-refractivity contribution in [1.82, 2.24) is 30.0 Å². The molecule has 0 unspecified atom stereocenters. The van der Waals surface area contributed by atoms with E-state index in [0.717, 1.165) is 42.9 Å². The van der Waals surface area contributed by atoms with E-state index in [9.17, 15) is 5.11 Å². The molecule has 1 aliphatic heterocycles. The molecule has 4 rings (SSSR count). The molecule has 3 aromatic rings. The molecule has 1 saturated heterocycles. The standard InChI is InChI=1S/C19H20N6O/c1-13(14-4-6-20-7-5-14)17-11-22-19(24-23-17)16-3-2-15(10-18(16)26)25-9-8-21-12-25/h2-3,8-12,14,20,26H,1,4-7H2. The van der Waals surface area contributed by atoms with Crippen molar-refractivity contribution >= 4 is 5.57 Å². The first-order valence-corrected chi connectivity index (χ1v) is 8.63. The lowest BCUT2D eigenvalue weighted by atomic mass is 9.89. The fourth-order valence-electron chi connectivity index (χ4n) is 3.21. The zero-order valence-corrected chi connectivity index (χ0v) is 14.3. The Kier molecular flexibility index (Phi) is 4.45. The summed E-state index contributed by atoms with van der Waals surface area (Å²) in [5.41, 5.74) is 3.06. The topological polar surface area (TPSA) is 88.8 Å². The van der Waals surface area contributed by atoms with Crippen molar-refractivity contribution in [2.24, 2.45) is 5.92 Å². The number of nitrogens with one attached hydrogen (secondary N) is 1. The van der Waals surface area contributed by atoms with Gasteiger partial charge in [-0.2, -0.15) is 0 Å². The highest BCUT2D eigenvalue weighted by Gasteiger charge is 2.19. The number of hydrogen-bond donors (Lipinski definition) is 2. The van der Waals surface area contributed by atoms with Crippen molar-refractivity contribution in [1.29, 1.82) is 0 Å². The summed E-state index contributed by atoms with van der Waals surface area (Å²) in [4.78, 5) is 8.40. The van der Waals surface area contributed by atoms with Gasteiger partial charge >= 0.3 is 0 Å². The lowest BCUT2D eigenvalue weighted by molar-refractivity contribution is 0.446. The molecule has 0 bridgehead atoms. The lowest BCUT2D eigenvalue weighted by Crippen LogP contribution is -2.28. The van der Waals surface area contributed by atoms with Gasteiger partial charge < -0.3 is 15.0 Å². The second kappa shape index (κ2) is 7.05. The molecule has 0 saturated carbocycles. The number of hydrogen-bond acceptors (Lipinski definition) is 6. The van der Waals surface area contributed by atoms with Crippen LogP contribution in [0.5, 0.6) is 5.75 Å². The van der Waals surface area contributed by atoms with Crippen LogP contribution in [-0.2, 0) is 0 Å². The fraction of sp³-hybridized carbons (Fsp3) is 0.263. The molecule has 7 nitrogen and oxygen atoms in total. The number of aromatic nitrogens is 5. The van der Waals surface area contributed by atoms with E-state index in [2.05, 4.69) is 32.1 Å². The summed E-state index contributed by atoms with van der Waals surface area (Å²) in [7, 11) is 0. The SMILES string of the molecule is C=C(c1cnc(-c2ccc(-n3ccnc3)cc2O)nn1)C1CCNCC1. The molecule has 2 aromatic heterocycles. The minimum atomic E-state index is 0.0999. The summed E-state index contributed by atoms with van der Waals surface area (Å²) < 4.78 is 1.81. The number of benzene rings is 1. The Bertz CT molecular complexity index is 898. The summed E-state index contributed by atoms with van der Waals surface area (Å²) in [5.74, 6) is 0.908. The summed E-state index contributed by atoms with van der Waals surface area (Å²) in [6, 6.07) is 5.31. The molecule has 0 amide bonds. The van der Waals surface area contributed by atoms with E-state index in [1.54, 1.807) is 30.9 Å². The molecule has 0 radical (unpaired) electrons. The molecule has 2 N–H and O–H groups in total. The van der Waals surface area contributed by atoms with Crippen LogP contribution in [0.15, 0.2) is 49.7 Å². The van der Waals surface area contributed by atoms with E-state index < -0.39 is 0 Å². The molecule has 0 atom stereocenters. The van der Waals surface area contributed by atoms with Crippen molar-refractivity contribution in [3.05, 3.63) is 55.4 Å². The normalized spacial score (nSPS) is 15.1. The molecule has 3 heterocycles. The summed E-state index contributed by atoms with van der Waals surface area (Å²) >= 11 is 0. The molecule has 1 fully saturated rings. The zero-order valence-electron chi connectivity index (χ0n) is 14.3. The van der Waals surface area contributed by atoms with Gasteiger partial charge in [0.15, 0.2) is 5.82 Å². The highest BCUT2D eigenvalue weighted by molar-refractivity contribution is 5.67. The molecule has 132 valence electrons. The van der Waals surface area contributed by atoms with Crippen LogP contribution >= 0.6 is 0 Å². The smallest absolute Gasteiger partial charge is 0.185 e. The Morgan fingerprint density at radius 2 is 2.08 bits per heavy atom. The van der Waals surface area contributed by atoms with E-state index in [-0.39, 0.29) is 5.75 Å². The van der Waals surface area contributed by atoms with E-state index in [1.165, 1.54) is 0 Å². The quantitative estimate of drug-likeness (QED) is 0.753. The molecular weight excluding hydrogens is 328 g/mol. The molecule has 1 aromatic carbocycles. The molecule has 0 spiro atoms. The number of phenolic OH excluding ortho intramolecular Hbond substituents is 1. The first-order chi connectivity index (χ1) is 12.7. The summed E-state index contributed by atoms with van der Waals surface area (Å²) in [6.45, 7) is 6.18. The maximum atomic E-state index is 10.4. The average Bonchev–Trinajstić information content (AvgIpc) is 3.23. The first-order valence-electron chi connectivity index (χ1n) is 8.63. The molecular formula is C19H20N6O. The van der Waals surface area contributed by atoms with Crippen LogP contribution < -0.4 is 5.32 Å². The molecule has 0 aliphatic carbocycles. The first kappa shape index (κ1) is 16.4. The lowest BCUT2D eigenvalue weighted by Gasteiger charge is -2.23. The monoisotopic (exact) mass is 348 g/mol. The number of imidazole rings is 1. The van der Waals surface area contributed by atoms with Crippen molar-refractivity contribution in [3.8, 4) is 22.8 Å². The Labute approximate surface area is 151 Å². The summed E-state index contributed by atoms with van der Waals surface area (Å²) in [6.07, 6.45) is 8.97. The Hall–Kier alpha value is -3.06. The van der Waals surface area contributed by atoms with Gasteiger partial charge in [0.1, 0.15) is 11.4 Å². The van der Waals surface area contributed by atoms with Gasteiger partial charge in [-0.15, -0.1) is 10.2 Å². The van der Waals surface area contributed by atoms with Gasteiger partial charge in [0.25, 0.3) is 0 Å². The van der Waals surface area contributed by atoms with E-state index in [4.69, 9.17) is 0 Å². The van der Waals surface area contributed by atoms with Gasteiger partial charge in [0.05, 0.1) is 23.8 Å². The van der Waals surface area contributed by atoms with Crippen molar-refractivity contribution in [2.45, 2.75) is 12.8 Å². The van der Waals surface area contributed by atoms with Crippen LogP contribution in [0.25, 0.3) is 22.6 Å². The Balaban J connectivity index is 1.56. The van der Waals surface area contributed by atoms with Crippen LogP contribution in [-0.4, -0.2) is 42.9 Å². The third-order valence-corrected chi connectivity index (χ3v) is 4.75. The number of aromatic hydroxyl groups is 1. The molecule has 1 aliphatic rings. The Morgan fingerprint density at radius 3 is 2.73 bits per heavy atom. The third-order valence-electron chi connectivity index (χ3n) is 4.75. The van der Waals surface area contributed by atoms with Gasteiger partial charge in [-0.1, -0.05) is 6.58 Å². The van der Waals surface area contributed by atoms with Crippen LogP contribution in [0.4, 0.5) is 0 Å². The minimum absolute atomic E-state index is 0.0999. The fourth-order valence-corrected chi connectivity index (χ4v) is 3.21. The van der Waals surface area contributed by atoms with Gasteiger partial charge in [0.2, 0.25) is 0 Å². The third kappa shape index (κ3) is 3.21. The maximum absolute atomic E-state index is 10.4. The van der Waals surface area contributed by atoms with Crippen molar-refractivity contribution < 1.29 is 5.11 Å². The molecule has 26 heavy (non-hydrogen) atoms. The zero-order chi connectivity index (χ0) is 17.9. The minimum Gasteiger partial charge on any atom is -0.507 e. The second-order valence-electron chi connectivity index (χ2n) is 6.39. The predicted molar refractivity (Wildman–Crippen MR) is 98.7 cm³/mol. The average molecular weight is 348 g/mol. The van der Waals surface area contributed by atoms with Crippen LogP contribution in [0.1, 0.15) is 18.5 Å². The number of rotatable bonds is 4. The van der Waals surface area contributed by atoms with Gasteiger partial charge in [-0.05, 0) is 49.6 Å². The second-order valence-corrected chi connectivity index (χ2v) is 6.39. The number of nitrogens with zero attached hydrogens (tertiary/aromatic N) is 5. The maximum Gasteiger partial charge on any atom is 0.185 e. The number of piperidine rings is 1.